The molecule has 0 saturated carbocycles. The Balaban J connectivity index is 1.58. The zero-order valence-corrected chi connectivity index (χ0v) is 15.9. The summed E-state index contributed by atoms with van der Waals surface area (Å²) in [4.78, 5) is 0. The molecule has 0 atom stereocenters. The highest BCUT2D eigenvalue weighted by Crippen LogP contribution is 2.34. The van der Waals surface area contributed by atoms with Crippen LogP contribution in [0.2, 0.25) is 10.0 Å². The van der Waals surface area contributed by atoms with Gasteiger partial charge in [0.1, 0.15) is 25.9 Å². The summed E-state index contributed by atoms with van der Waals surface area (Å²) in [7, 11) is 1.59. The molecule has 0 bridgehead atoms. The van der Waals surface area contributed by atoms with Crippen molar-refractivity contribution in [2.24, 2.45) is 5.10 Å². The second-order valence-corrected chi connectivity index (χ2v) is 6.06. The van der Waals surface area contributed by atoms with E-state index in [1.165, 1.54) is 17.3 Å². The molecule has 1 aromatic heterocycles. The topological polar surface area (TPSA) is 70.8 Å². The molecule has 0 saturated heterocycles. The van der Waals surface area contributed by atoms with Gasteiger partial charge in [0, 0.05) is 0 Å². The van der Waals surface area contributed by atoms with Gasteiger partial charge in [0.25, 0.3) is 0 Å². The normalized spacial score (nSPS) is 10.9. The van der Waals surface area contributed by atoms with Gasteiger partial charge in [0.2, 0.25) is 0 Å². The standard InChI is InChI=1S/C18H16Cl2N4O3/c1-25-16-4-2-3-5-17(16)26-6-7-27-18-14(19)8-13(9-15(18)20)10-23-24-11-21-22-12-24/h2-5,8-12H,6-7H2,1H3/b23-10-. The minimum atomic E-state index is 0.269. The number of methoxy groups -OCH3 is 1. The third-order valence-electron chi connectivity index (χ3n) is 3.42. The first-order chi connectivity index (χ1) is 13.2. The van der Waals surface area contributed by atoms with Gasteiger partial charge >= 0.3 is 0 Å². The van der Waals surface area contributed by atoms with E-state index in [4.69, 9.17) is 37.4 Å². The quantitative estimate of drug-likeness (QED) is 0.418. The van der Waals surface area contributed by atoms with Crippen molar-refractivity contribution in [3.8, 4) is 17.2 Å². The van der Waals surface area contributed by atoms with E-state index in [0.29, 0.717) is 33.9 Å². The first-order valence-electron chi connectivity index (χ1n) is 7.94. The Bertz CT molecular complexity index is 894. The number of nitrogens with zero attached hydrogens (tertiary/aromatic N) is 4. The molecule has 3 aromatic rings. The summed E-state index contributed by atoms with van der Waals surface area (Å²) < 4.78 is 18.0. The Morgan fingerprint density at radius 2 is 1.63 bits per heavy atom. The van der Waals surface area contributed by atoms with Gasteiger partial charge in [-0.15, -0.1) is 10.2 Å². The van der Waals surface area contributed by atoms with Crippen LogP contribution in [0.1, 0.15) is 5.56 Å². The highest BCUT2D eigenvalue weighted by atomic mass is 35.5. The number of hydrogen-bond acceptors (Lipinski definition) is 6. The smallest absolute Gasteiger partial charge is 0.161 e. The minimum Gasteiger partial charge on any atom is -0.493 e. The lowest BCUT2D eigenvalue weighted by atomic mass is 10.2. The number of ether oxygens (including phenoxy) is 3. The van der Waals surface area contributed by atoms with Crippen molar-refractivity contribution < 1.29 is 14.2 Å². The van der Waals surface area contributed by atoms with Crippen molar-refractivity contribution in [3.05, 3.63) is 64.7 Å². The molecule has 140 valence electrons. The summed E-state index contributed by atoms with van der Waals surface area (Å²) in [6.45, 7) is 0.579. The first-order valence-corrected chi connectivity index (χ1v) is 8.69. The Morgan fingerprint density at radius 3 is 2.30 bits per heavy atom. The summed E-state index contributed by atoms with van der Waals surface area (Å²) in [5.74, 6) is 1.69. The molecular weight excluding hydrogens is 391 g/mol. The maximum atomic E-state index is 6.28. The number of para-hydroxylation sites is 2. The molecule has 9 heteroatoms. The molecule has 0 radical (unpaired) electrons. The maximum absolute atomic E-state index is 6.28. The van der Waals surface area contributed by atoms with Crippen molar-refractivity contribution in [3.63, 3.8) is 0 Å². The number of benzene rings is 2. The molecule has 0 fully saturated rings. The number of rotatable bonds is 8. The summed E-state index contributed by atoms with van der Waals surface area (Å²) in [5, 5.41) is 12.2. The predicted molar refractivity (Wildman–Crippen MR) is 103 cm³/mol. The van der Waals surface area contributed by atoms with Gasteiger partial charge in [0.15, 0.2) is 17.2 Å². The molecule has 0 unspecified atom stereocenters. The van der Waals surface area contributed by atoms with E-state index in [2.05, 4.69) is 15.3 Å². The number of aromatic nitrogens is 3. The molecule has 0 N–H and O–H groups in total. The molecule has 0 aliphatic carbocycles. The number of hydrogen-bond donors (Lipinski definition) is 0. The van der Waals surface area contributed by atoms with E-state index in [1.54, 1.807) is 25.5 Å². The van der Waals surface area contributed by atoms with Gasteiger partial charge in [-0.2, -0.15) is 5.10 Å². The molecule has 0 aliphatic heterocycles. The summed E-state index contributed by atoms with van der Waals surface area (Å²) in [5.41, 5.74) is 0.719. The molecule has 2 aromatic carbocycles. The molecule has 0 amide bonds. The minimum absolute atomic E-state index is 0.269. The maximum Gasteiger partial charge on any atom is 0.161 e. The van der Waals surface area contributed by atoms with E-state index in [-0.39, 0.29) is 6.61 Å². The average molecular weight is 407 g/mol. The largest absolute Gasteiger partial charge is 0.493 e. The van der Waals surface area contributed by atoms with Crippen molar-refractivity contribution in [2.75, 3.05) is 20.3 Å². The lowest BCUT2D eigenvalue weighted by molar-refractivity contribution is 0.211. The van der Waals surface area contributed by atoms with Gasteiger partial charge in [-0.3, -0.25) is 0 Å². The second kappa shape index (κ2) is 9.25. The molecule has 0 spiro atoms. The third kappa shape index (κ3) is 5.12. The highest BCUT2D eigenvalue weighted by molar-refractivity contribution is 6.37. The van der Waals surface area contributed by atoms with Crippen molar-refractivity contribution in [1.82, 2.24) is 14.9 Å². The van der Waals surface area contributed by atoms with Crippen LogP contribution in [0.3, 0.4) is 0 Å². The predicted octanol–water partition coefficient (Wildman–Crippen LogP) is 3.93. The van der Waals surface area contributed by atoms with Gasteiger partial charge < -0.3 is 14.2 Å². The van der Waals surface area contributed by atoms with E-state index >= 15 is 0 Å². The first kappa shape index (κ1) is 19.0. The summed E-state index contributed by atoms with van der Waals surface area (Å²) in [6, 6.07) is 10.8. The van der Waals surface area contributed by atoms with Crippen LogP contribution in [0.4, 0.5) is 0 Å². The summed E-state index contributed by atoms with van der Waals surface area (Å²) >= 11 is 12.6. The van der Waals surface area contributed by atoms with Gasteiger partial charge in [-0.1, -0.05) is 35.3 Å². The van der Waals surface area contributed by atoms with E-state index < -0.39 is 0 Å². The van der Waals surface area contributed by atoms with Crippen LogP contribution >= 0.6 is 23.2 Å². The van der Waals surface area contributed by atoms with Gasteiger partial charge in [-0.05, 0) is 29.8 Å². The third-order valence-corrected chi connectivity index (χ3v) is 3.99. The summed E-state index contributed by atoms with van der Waals surface area (Å²) in [6.07, 6.45) is 4.54. The second-order valence-electron chi connectivity index (χ2n) is 5.25. The van der Waals surface area contributed by atoms with Crippen LogP contribution in [0.25, 0.3) is 0 Å². The molecular formula is C18H16Cl2N4O3. The monoisotopic (exact) mass is 406 g/mol. The Hall–Kier alpha value is -2.77. The van der Waals surface area contributed by atoms with E-state index in [0.717, 1.165) is 5.56 Å². The van der Waals surface area contributed by atoms with Crippen molar-refractivity contribution in [2.45, 2.75) is 0 Å². The molecule has 7 nitrogen and oxygen atoms in total. The van der Waals surface area contributed by atoms with Gasteiger partial charge in [0.05, 0.1) is 23.4 Å². The SMILES string of the molecule is COc1ccccc1OCCOc1c(Cl)cc(/C=N\n2cnnc2)cc1Cl. The fraction of sp³-hybridized carbons (Fsp3) is 0.167. The van der Waals surface area contributed by atoms with Crippen LogP contribution in [0.15, 0.2) is 54.2 Å². The van der Waals surface area contributed by atoms with Crippen molar-refractivity contribution in [1.29, 1.82) is 0 Å². The van der Waals surface area contributed by atoms with Crippen LogP contribution in [-0.2, 0) is 0 Å². The van der Waals surface area contributed by atoms with Gasteiger partial charge in [-0.25, -0.2) is 4.68 Å². The zero-order valence-electron chi connectivity index (χ0n) is 14.4. The highest BCUT2D eigenvalue weighted by Gasteiger charge is 2.10. The fourth-order valence-electron chi connectivity index (χ4n) is 2.21. The van der Waals surface area contributed by atoms with E-state index in [9.17, 15) is 0 Å². The Kier molecular flexibility index (Phi) is 6.51. The van der Waals surface area contributed by atoms with Crippen LogP contribution in [0.5, 0.6) is 17.2 Å². The lowest BCUT2D eigenvalue weighted by Crippen LogP contribution is -2.10. The molecule has 1 heterocycles. The van der Waals surface area contributed by atoms with Crippen LogP contribution < -0.4 is 14.2 Å². The van der Waals surface area contributed by atoms with E-state index in [1.807, 2.05) is 24.3 Å². The average Bonchev–Trinajstić information content (AvgIpc) is 3.19. The Morgan fingerprint density at radius 1 is 1.00 bits per heavy atom. The number of halogens is 2. The Labute approximate surface area is 166 Å². The molecule has 27 heavy (non-hydrogen) atoms. The molecule has 3 rings (SSSR count). The lowest BCUT2D eigenvalue weighted by Gasteiger charge is -2.13. The van der Waals surface area contributed by atoms with Crippen LogP contribution in [-0.4, -0.2) is 41.4 Å². The fourth-order valence-corrected chi connectivity index (χ4v) is 2.83. The zero-order chi connectivity index (χ0) is 19.1. The van der Waals surface area contributed by atoms with Crippen molar-refractivity contribution >= 4 is 29.4 Å². The molecule has 0 aliphatic rings. The van der Waals surface area contributed by atoms with Crippen LogP contribution in [0, 0.1) is 0 Å².